The quantitative estimate of drug-likeness (QED) is 0.771. The molecule has 0 aromatic heterocycles. The van der Waals surface area contributed by atoms with Gasteiger partial charge in [0.25, 0.3) is 0 Å². The molecule has 0 unspecified atom stereocenters. The SMILES string of the molecule is Cc1ccc(C)c(S(=O)(=O)C2(C(=O)N(C)CC(C)(C)CN)CCCC2)c1.Cl. The van der Waals surface area contributed by atoms with E-state index in [-0.39, 0.29) is 23.7 Å². The molecule has 0 heterocycles. The molecule has 154 valence electrons. The van der Waals surface area contributed by atoms with Gasteiger partial charge >= 0.3 is 0 Å². The zero-order valence-corrected chi connectivity index (χ0v) is 18.7. The van der Waals surface area contributed by atoms with Crippen molar-refractivity contribution in [3.05, 3.63) is 29.3 Å². The summed E-state index contributed by atoms with van der Waals surface area (Å²) in [6.07, 6.45) is 2.28. The number of carbonyl (C=O) groups is 1. The van der Waals surface area contributed by atoms with Crippen LogP contribution in [0.1, 0.15) is 50.7 Å². The molecule has 1 amide bonds. The zero-order chi connectivity index (χ0) is 19.8. The van der Waals surface area contributed by atoms with Crippen molar-refractivity contribution in [3.63, 3.8) is 0 Å². The van der Waals surface area contributed by atoms with E-state index in [4.69, 9.17) is 5.73 Å². The minimum absolute atomic E-state index is 0. The Bertz CT molecular complexity index is 784. The number of rotatable bonds is 6. The molecule has 7 heteroatoms. The number of hydrogen-bond acceptors (Lipinski definition) is 4. The van der Waals surface area contributed by atoms with E-state index in [1.807, 2.05) is 32.9 Å². The van der Waals surface area contributed by atoms with Crippen molar-refractivity contribution in [2.24, 2.45) is 11.1 Å². The summed E-state index contributed by atoms with van der Waals surface area (Å²) in [7, 11) is -2.09. The van der Waals surface area contributed by atoms with Crippen LogP contribution in [0.4, 0.5) is 0 Å². The minimum Gasteiger partial charge on any atom is -0.344 e. The Morgan fingerprint density at radius 3 is 2.30 bits per heavy atom. The molecule has 1 fully saturated rings. The van der Waals surface area contributed by atoms with Gasteiger partial charge in [-0.2, -0.15) is 0 Å². The summed E-state index contributed by atoms with van der Waals surface area (Å²) >= 11 is 0. The molecule has 1 aliphatic rings. The molecule has 0 saturated heterocycles. The highest BCUT2D eigenvalue weighted by molar-refractivity contribution is 7.93. The third-order valence-corrected chi connectivity index (χ3v) is 8.14. The van der Waals surface area contributed by atoms with E-state index in [9.17, 15) is 13.2 Å². The lowest BCUT2D eigenvalue weighted by molar-refractivity contribution is -0.133. The van der Waals surface area contributed by atoms with Gasteiger partial charge in [-0.1, -0.05) is 38.8 Å². The first-order chi connectivity index (χ1) is 12.0. The fourth-order valence-electron chi connectivity index (χ4n) is 3.88. The lowest BCUT2D eigenvalue weighted by atomic mass is 9.92. The number of nitrogens with two attached hydrogens (primary N) is 1. The van der Waals surface area contributed by atoms with Crippen molar-refractivity contribution in [2.45, 2.75) is 63.0 Å². The Labute approximate surface area is 170 Å². The summed E-state index contributed by atoms with van der Waals surface area (Å²) in [6, 6.07) is 5.41. The summed E-state index contributed by atoms with van der Waals surface area (Å²) in [6.45, 7) is 8.50. The molecule has 1 aliphatic carbocycles. The van der Waals surface area contributed by atoms with Crippen molar-refractivity contribution in [1.29, 1.82) is 0 Å². The first-order valence-corrected chi connectivity index (χ1v) is 10.7. The normalized spacial score (nSPS) is 16.7. The lowest BCUT2D eigenvalue weighted by Gasteiger charge is -2.36. The first kappa shape index (κ1) is 23.9. The van der Waals surface area contributed by atoms with Crippen LogP contribution in [0.2, 0.25) is 0 Å². The fraction of sp³-hybridized carbons (Fsp3) is 0.650. The first-order valence-electron chi connectivity index (χ1n) is 9.24. The van der Waals surface area contributed by atoms with Gasteiger partial charge in [0.15, 0.2) is 14.6 Å². The van der Waals surface area contributed by atoms with Gasteiger partial charge in [-0.25, -0.2) is 8.42 Å². The molecular formula is C20H33ClN2O3S. The highest BCUT2D eigenvalue weighted by Crippen LogP contribution is 2.43. The smallest absolute Gasteiger partial charge is 0.244 e. The van der Waals surface area contributed by atoms with Gasteiger partial charge in [0.2, 0.25) is 5.91 Å². The second-order valence-electron chi connectivity index (χ2n) is 8.50. The summed E-state index contributed by atoms with van der Waals surface area (Å²) in [5.41, 5.74) is 7.12. The Balaban J connectivity index is 0.00000364. The van der Waals surface area contributed by atoms with Crippen LogP contribution in [-0.2, 0) is 14.6 Å². The molecule has 0 radical (unpaired) electrons. The molecule has 1 aromatic rings. The zero-order valence-electron chi connectivity index (χ0n) is 17.0. The van der Waals surface area contributed by atoms with Crippen LogP contribution in [0.3, 0.4) is 0 Å². The van der Waals surface area contributed by atoms with Crippen LogP contribution in [-0.4, -0.2) is 44.1 Å². The Morgan fingerprint density at radius 2 is 1.78 bits per heavy atom. The van der Waals surface area contributed by atoms with Crippen molar-refractivity contribution >= 4 is 28.2 Å². The van der Waals surface area contributed by atoms with Crippen LogP contribution in [0, 0.1) is 19.3 Å². The predicted octanol–water partition coefficient (Wildman–Crippen LogP) is 3.26. The average Bonchev–Trinajstić information content (AvgIpc) is 3.07. The molecule has 1 saturated carbocycles. The van der Waals surface area contributed by atoms with Gasteiger partial charge in [0.05, 0.1) is 4.90 Å². The molecule has 1 aromatic carbocycles. The number of benzene rings is 1. The summed E-state index contributed by atoms with van der Waals surface area (Å²) < 4.78 is 25.9. The van der Waals surface area contributed by atoms with E-state index in [2.05, 4.69) is 0 Å². The Morgan fingerprint density at radius 1 is 1.22 bits per heavy atom. The van der Waals surface area contributed by atoms with Gasteiger partial charge in [0.1, 0.15) is 0 Å². The molecule has 0 spiro atoms. The molecule has 0 aliphatic heterocycles. The third kappa shape index (κ3) is 4.49. The monoisotopic (exact) mass is 416 g/mol. The van der Waals surface area contributed by atoms with Crippen molar-refractivity contribution in [1.82, 2.24) is 4.90 Å². The highest BCUT2D eigenvalue weighted by atomic mass is 35.5. The molecule has 0 atom stereocenters. The van der Waals surface area contributed by atoms with Crippen LogP contribution >= 0.6 is 12.4 Å². The molecular weight excluding hydrogens is 384 g/mol. The van der Waals surface area contributed by atoms with Gasteiger partial charge in [-0.05, 0) is 55.8 Å². The van der Waals surface area contributed by atoms with Crippen molar-refractivity contribution in [3.8, 4) is 0 Å². The highest BCUT2D eigenvalue weighted by Gasteiger charge is 2.54. The minimum atomic E-state index is -3.78. The van der Waals surface area contributed by atoms with Gasteiger partial charge < -0.3 is 10.6 Å². The fourth-order valence-corrected chi connectivity index (χ4v) is 6.34. The van der Waals surface area contributed by atoms with Crippen molar-refractivity contribution in [2.75, 3.05) is 20.1 Å². The molecule has 2 N–H and O–H groups in total. The van der Waals surface area contributed by atoms with E-state index >= 15 is 0 Å². The second kappa shape index (κ2) is 8.50. The molecule has 5 nitrogen and oxygen atoms in total. The number of hydrogen-bond donors (Lipinski definition) is 1. The van der Waals surface area contributed by atoms with Crippen LogP contribution in [0.25, 0.3) is 0 Å². The van der Waals surface area contributed by atoms with E-state index in [0.29, 0.717) is 36.4 Å². The van der Waals surface area contributed by atoms with Crippen LogP contribution < -0.4 is 5.73 Å². The number of amides is 1. The maximum atomic E-state index is 13.6. The topological polar surface area (TPSA) is 80.5 Å². The average molecular weight is 417 g/mol. The Hall–Kier alpha value is -1.11. The van der Waals surface area contributed by atoms with Gasteiger partial charge in [0, 0.05) is 13.6 Å². The van der Waals surface area contributed by atoms with E-state index in [1.165, 1.54) is 0 Å². The number of nitrogens with zero attached hydrogens (tertiary/aromatic N) is 1. The second-order valence-corrected chi connectivity index (χ2v) is 10.7. The van der Waals surface area contributed by atoms with Crippen LogP contribution in [0.15, 0.2) is 23.1 Å². The molecule has 27 heavy (non-hydrogen) atoms. The summed E-state index contributed by atoms with van der Waals surface area (Å²) in [5.74, 6) is -0.294. The van der Waals surface area contributed by atoms with Crippen molar-refractivity contribution < 1.29 is 13.2 Å². The number of aryl methyl sites for hydroxylation is 2. The third-order valence-electron chi connectivity index (χ3n) is 5.51. The largest absolute Gasteiger partial charge is 0.344 e. The van der Waals surface area contributed by atoms with Gasteiger partial charge in [-0.3, -0.25) is 4.79 Å². The van der Waals surface area contributed by atoms with E-state index < -0.39 is 14.6 Å². The number of halogens is 1. The van der Waals surface area contributed by atoms with E-state index in [1.54, 1.807) is 24.9 Å². The van der Waals surface area contributed by atoms with E-state index in [0.717, 1.165) is 18.4 Å². The predicted molar refractivity (Wildman–Crippen MR) is 112 cm³/mol. The lowest BCUT2D eigenvalue weighted by Crippen LogP contribution is -2.53. The maximum Gasteiger partial charge on any atom is 0.244 e. The molecule has 2 rings (SSSR count). The maximum absolute atomic E-state index is 13.6. The number of carbonyl (C=O) groups excluding carboxylic acids is 1. The van der Waals surface area contributed by atoms with Crippen LogP contribution in [0.5, 0.6) is 0 Å². The standard InChI is InChI=1S/C20H32N2O3S.ClH/c1-15-8-9-16(2)17(12-15)26(24,25)20(10-6-7-11-20)18(23)22(5)14-19(3,4)13-21;/h8-9,12H,6-7,10-11,13-14,21H2,1-5H3;1H. The van der Waals surface area contributed by atoms with Gasteiger partial charge in [-0.15, -0.1) is 12.4 Å². The molecule has 0 bridgehead atoms. The Kier molecular flexibility index (Phi) is 7.53. The summed E-state index contributed by atoms with van der Waals surface area (Å²) in [4.78, 5) is 15.2. The summed E-state index contributed by atoms with van der Waals surface area (Å²) in [5, 5.41) is 0. The number of sulfone groups is 1.